The summed E-state index contributed by atoms with van der Waals surface area (Å²) in [6.45, 7) is 6.63. The Bertz CT molecular complexity index is 1010. The zero-order valence-corrected chi connectivity index (χ0v) is 42.1. The Kier molecular flexibility index (Phi) is 50.3. The van der Waals surface area contributed by atoms with E-state index in [0.29, 0.717) is 19.3 Å². The number of allylic oxidation sites excluding steroid dienone is 6. The van der Waals surface area contributed by atoms with Crippen LogP contribution in [0.5, 0.6) is 0 Å². The highest BCUT2D eigenvalue weighted by Gasteiger charge is 2.19. The number of ether oxygens (including phenoxy) is 3. The van der Waals surface area contributed by atoms with Crippen LogP contribution in [0.3, 0.4) is 0 Å². The number of carbonyl (C=O) groups excluding carboxylic acids is 3. The lowest BCUT2D eigenvalue weighted by Gasteiger charge is -2.18. The molecule has 0 saturated carbocycles. The second-order valence-electron chi connectivity index (χ2n) is 18.5. The Hall–Kier alpha value is -2.37. The van der Waals surface area contributed by atoms with E-state index in [1.165, 1.54) is 173 Å². The number of unbranched alkanes of at least 4 members (excludes halogenated alkanes) is 33. The van der Waals surface area contributed by atoms with Crippen molar-refractivity contribution in [1.82, 2.24) is 0 Å². The van der Waals surface area contributed by atoms with Crippen molar-refractivity contribution < 1.29 is 28.6 Å². The van der Waals surface area contributed by atoms with Crippen LogP contribution in [-0.2, 0) is 28.6 Å². The summed E-state index contributed by atoms with van der Waals surface area (Å²) in [7, 11) is 0. The molecule has 0 saturated heterocycles. The normalized spacial score (nSPS) is 12.2. The summed E-state index contributed by atoms with van der Waals surface area (Å²) in [5.74, 6) is -0.893. The molecule has 0 aliphatic carbocycles. The molecule has 0 atom stereocenters. The molecular formula is C57H104O6. The smallest absolute Gasteiger partial charge is 0.306 e. The zero-order valence-electron chi connectivity index (χ0n) is 42.1. The Morgan fingerprint density at radius 2 is 0.524 bits per heavy atom. The predicted octanol–water partition coefficient (Wildman–Crippen LogP) is 18.1. The summed E-state index contributed by atoms with van der Waals surface area (Å²) in [5, 5.41) is 0. The fraction of sp³-hybridized carbons (Fsp3) is 0.842. The van der Waals surface area contributed by atoms with E-state index in [1.54, 1.807) is 0 Å². The molecule has 0 heterocycles. The zero-order chi connectivity index (χ0) is 45.8. The average molecular weight is 888 g/mol. The Labute approximate surface area is 391 Å². The first-order valence-electron chi connectivity index (χ1n) is 27.5. The molecule has 0 radical (unpaired) electrons. The van der Waals surface area contributed by atoms with Crippen molar-refractivity contribution in [2.24, 2.45) is 0 Å². The molecule has 0 amide bonds. The van der Waals surface area contributed by atoms with E-state index in [4.69, 9.17) is 14.2 Å². The third kappa shape index (κ3) is 50.5. The van der Waals surface area contributed by atoms with Crippen LogP contribution in [0.25, 0.3) is 0 Å². The van der Waals surface area contributed by atoms with Gasteiger partial charge in [-0.05, 0) is 96.3 Å². The van der Waals surface area contributed by atoms with Crippen LogP contribution in [0.1, 0.15) is 290 Å². The first kappa shape index (κ1) is 60.6. The van der Waals surface area contributed by atoms with Crippen LogP contribution < -0.4 is 0 Å². The minimum Gasteiger partial charge on any atom is -0.462 e. The van der Waals surface area contributed by atoms with Gasteiger partial charge in [-0.3, -0.25) is 14.4 Å². The van der Waals surface area contributed by atoms with Gasteiger partial charge in [-0.25, -0.2) is 0 Å². The number of carbonyl (C=O) groups is 3. The van der Waals surface area contributed by atoms with Crippen LogP contribution in [0, 0.1) is 0 Å². The number of rotatable bonds is 50. The summed E-state index contributed by atoms with van der Waals surface area (Å²) in [5.41, 5.74) is 0. The molecule has 63 heavy (non-hydrogen) atoms. The summed E-state index contributed by atoms with van der Waals surface area (Å²) >= 11 is 0. The van der Waals surface area contributed by atoms with Crippen LogP contribution >= 0.6 is 0 Å². The van der Waals surface area contributed by atoms with E-state index in [1.807, 2.05) is 0 Å². The topological polar surface area (TPSA) is 78.9 Å². The highest BCUT2D eigenvalue weighted by molar-refractivity contribution is 5.71. The van der Waals surface area contributed by atoms with Crippen molar-refractivity contribution in [3.05, 3.63) is 36.5 Å². The quantitative estimate of drug-likeness (QED) is 0.0199. The molecule has 0 aromatic rings. The van der Waals surface area contributed by atoms with Gasteiger partial charge in [-0.15, -0.1) is 0 Å². The maximum absolute atomic E-state index is 12.8. The van der Waals surface area contributed by atoms with Crippen LogP contribution in [0.4, 0.5) is 0 Å². The Balaban J connectivity index is 4.39. The molecule has 0 N–H and O–H groups in total. The highest BCUT2D eigenvalue weighted by Crippen LogP contribution is 2.15. The first-order chi connectivity index (χ1) is 31.0. The lowest BCUT2D eigenvalue weighted by Crippen LogP contribution is -2.30. The third-order valence-corrected chi connectivity index (χ3v) is 12.1. The van der Waals surface area contributed by atoms with Crippen LogP contribution in [-0.4, -0.2) is 37.2 Å². The molecule has 0 aliphatic heterocycles. The van der Waals surface area contributed by atoms with Crippen molar-refractivity contribution in [2.45, 2.75) is 297 Å². The van der Waals surface area contributed by atoms with Gasteiger partial charge in [-0.1, -0.05) is 211 Å². The van der Waals surface area contributed by atoms with Crippen molar-refractivity contribution in [3.8, 4) is 0 Å². The predicted molar refractivity (Wildman–Crippen MR) is 270 cm³/mol. The van der Waals surface area contributed by atoms with E-state index < -0.39 is 6.10 Å². The Morgan fingerprint density at radius 3 is 0.794 bits per heavy atom. The van der Waals surface area contributed by atoms with Crippen LogP contribution in [0.15, 0.2) is 36.5 Å². The number of hydrogen-bond acceptors (Lipinski definition) is 6. The summed E-state index contributed by atoms with van der Waals surface area (Å²) in [4.78, 5) is 38.0. The molecule has 0 fully saturated rings. The molecule has 0 unspecified atom stereocenters. The van der Waals surface area contributed by atoms with Gasteiger partial charge < -0.3 is 14.2 Å². The van der Waals surface area contributed by atoms with Crippen molar-refractivity contribution in [2.75, 3.05) is 13.2 Å². The van der Waals surface area contributed by atoms with Gasteiger partial charge in [0, 0.05) is 19.3 Å². The molecule has 0 bridgehead atoms. The monoisotopic (exact) mass is 888 g/mol. The fourth-order valence-electron chi connectivity index (χ4n) is 7.90. The van der Waals surface area contributed by atoms with E-state index in [9.17, 15) is 14.4 Å². The van der Waals surface area contributed by atoms with Crippen molar-refractivity contribution in [3.63, 3.8) is 0 Å². The number of esters is 3. The van der Waals surface area contributed by atoms with E-state index >= 15 is 0 Å². The van der Waals surface area contributed by atoms with Gasteiger partial charge >= 0.3 is 17.9 Å². The molecule has 6 nitrogen and oxygen atoms in total. The SMILES string of the molecule is CCCCCCCCC=CCCCCCCC[13C](=O)OCC(CO[13C](=O)CCCCCCCC=CCCCCCCCC)O[13C](=O)CCCCCCCC=CCCCCCCCC. The van der Waals surface area contributed by atoms with Gasteiger partial charge in [-0.2, -0.15) is 0 Å². The second-order valence-corrected chi connectivity index (χ2v) is 18.5. The molecule has 0 rings (SSSR count). The van der Waals surface area contributed by atoms with Gasteiger partial charge in [0.1, 0.15) is 13.2 Å². The van der Waals surface area contributed by atoms with E-state index in [-0.39, 0.29) is 31.1 Å². The van der Waals surface area contributed by atoms with Crippen molar-refractivity contribution in [1.29, 1.82) is 0 Å². The van der Waals surface area contributed by atoms with E-state index in [0.717, 1.165) is 77.0 Å². The summed E-state index contributed by atoms with van der Waals surface area (Å²) in [6.07, 6.45) is 61.2. The maximum atomic E-state index is 12.8. The lowest BCUT2D eigenvalue weighted by atomic mass is 10.1. The molecule has 0 aliphatic rings. The standard InChI is InChI=1S/C57H104O6/c1-4-7-10-13-16-19-22-25-28-31-34-37-40-43-46-49-55(58)61-52-54(63-57(60)51-48-45-42-39-36-33-30-27-24-21-18-15-12-9-6-3)53-62-56(59)50-47-44-41-38-35-32-29-26-23-20-17-14-11-8-5-2/h25-30,54H,4-24,31-53H2,1-3H3/i55+1,56+1,57+1. The van der Waals surface area contributed by atoms with Gasteiger partial charge in [0.05, 0.1) is 0 Å². The second kappa shape index (κ2) is 52.3. The molecule has 6 heteroatoms. The number of hydrogen-bond donors (Lipinski definition) is 0. The summed E-state index contributed by atoms with van der Waals surface area (Å²) < 4.78 is 16.8. The highest BCUT2D eigenvalue weighted by atomic mass is 16.7. The first-order valence-corrected chi connectivity index (χ1v) is 27.5. The van der Waals surface area contributed by atoms with Crippen molar-refractivity contribution >= 4 is 17.9 Å². The molecular weight excluding hydrogens is 784 g/mol. The molecule has 0 aromatic carbocycles. The average Bonchev–Trinajstić information content (AvgIpc) is 3.28. The Morgan fingerprint density at radius 1 is 0.302 bits per heavy atom. The van der Waals surface area contributed by atoms with Gasteiger partial charge in [0.25, 0.3) is 0 Å². The van der Waals surface area contributed by atoms with Crippen LogP contribution in [0.2, 0.25) is 0 Å². The minimum absolute atomic E-state index is 0.0806. The van der Waals surface area contributed by atoms with E-state index in [2.05, 4.69) is 57.2 Å². The molecule has 0 spiro atoms. The summed E-state index contributed by atoms with van der Waals surface area (Å²) in [6, 6.07) is 0. The van der Waals surface area contributed by atoms with Gasteiger partial charge in [0.2, 0.25) is 0 Å². The minimum atomic E-state index is -0.781. The maximum Gasteiger partial charge on any atom is 0.306 e. The van der Waals surface area contributed by atoms with Gasteiger partial charge in [0.15, 0.2) is 6.10 Å². The molecule has 368 valence electrons. The third-order valence-electron chi connectivity index (χ3n) is 12.1. The largest absolute Gasteiger partial charge is 0.462 e. The lowest BCUT2D eigenvalue weighted by molar-refractivity contribution is -0.167. The molecule has 0 aromatic heterocycles. The fourth-order valence-corrected chi connectivity index (χ4v) is 7.90.